The van der Waals surface area contributed by atoms with Crippen LogP contribution in [0.2, 0.25) is 0 Å². The van der Waals surface area contributed by atoms with E-state index in [0.717, 1.165) is 35.5 Å². The molecule has 100 valence electrons. The van der Waals surface area contributed by atoms with Crippen LogP contribution in [0.3, 0.4) is 0 Å². The zero-order valence-corrected chi connectivity index (χ0v) is 12.1. The third-order valence-corrected chi connectivity index (χ3v) is 5.18. The van der Waals surface area contributed by atoms with Crippen molar-refractivity contribution >= 4 is 29.0 Å². The lowest BCUT2D eigenvalue weighted by molar-refractivity contribution is 0.0875. The number of thiophene rings is 1. The Morgan fingerprint density at radius 1 is 1.61 bits per heavy atom. The normalized spacial score (nSPS) is 23.9. The highest BCUT2D eigenvalue weighted by Gasteiger charge is 2.21. The number of hydrogen-bond acceptors (Lipinski definition) is 4. The van der Waals surface area contributed by atoms with Crippen LogP contribution in [0.4, 0.5) is 0 Å². The predicted molar refractivity (Wildman–Crippen MR) is 76.4 cm³/mol. The van der Waals surface area contributed by atoms with Gasteiger partial charge in [-0.2, -0.15) is 0 Å². The minimum atomic E-state index is -0.177. The first-order valence-electron chi connectivity index (χ1n) is 6.28. The Balaban J connectivity index is 1.84. The molecule has 2 rings (SSSR count). The van der Waals surface area contributed by atoms with Gasteiger partial charge in [0.2, 0.25) is 0 Å². The molecule has 1 saturated carbocycles. The quantitative estimate of drug-likeness (QED) is 0.836. The van der Waals surface area contributed by atoms with E-state index >= 15 is 0 Å². The number of rotatable bonds is 4. The first-order chi connectivity index (χ1) is 8.70. The van der Waals surface area contributed by atoms with Gasteiger partial charge in [-0.3, -0.25) is 4.79 Å². The van der Waals surface area contributed by atoms with E-state index in [1.807, 2.05) is 17.7 Å². The molecule has 1 aromatic heterocycles. The molecule has 1 heterocycles. The van der Waals surface area contributed by atoms with Crippen LogP contribution < -0.4 is 5.32 Å². The summed E-state index contributed by atoms with van der Waals surface area (Å²) < 4.78 is 0. The highest BCUT2D eigenvalue weighted by Crippen LogP contribution is 2.26. The molecule has 2 unspecified atom stereocenters. The average molecular weight is 285 g/mol. The zero-order chi connectivity index (χ0) is 13.0. The van der Waals surface area contributed by atoms with Crippen LogP contribution in [0.15, 0.2) is 16.3 Å². The summed E-state index contributed by atoms with van der Waals surface area (Å²) in [6.45, 7) is 0.682. The molecule has 1 aromatic rings. The van der Waals surface area contributed by atoms with Crippen LogP contribution in [-0.2, 0) is 0 Å². The number of carbonyl (C=O) groups excluding carboxylic acids is 1. The fraction of sp³-hybridized carbons (Fsp3) is 0.615. The second kappa shape index (κ2) is 6.59. The van der Waals surface area contributed by atoms with Crippen molar-refractivity contribution in [3.05, 3.63) is 16.3 Å². The maximum Gasteiger partial charge on any atom is 0.262 e. The summed E-state index contributed by atoms with van der Waals surface area (Å²) in [4.78, 5) is 13.9. The van der Waals surface area contributed by atoms with E-state index < -0.39 is 0 Å². The number of aliphatic hydroxyl groups excluding tert-OH is 1. The monoisotopic (exact) mass is 285 g/mol. The van der Waals surface area contributed by atoms with Gasteiger partial charge in [0, 0.05) is 11.4 Å². The first kappa shape index (κ1) is 13.9. The molecule has 0 bridgehead atoms. The molecule has 0 radical (unpaired) electrons. The summed E-state index contributed by atoms with van der Waals surface area (Å²) in [5, 5.41) is 14.5. The van der Waals surface area contributed by atoms with Gasteiger partial charge >= 0.3 is 0 Å². The molecule has 1 fully saturated rings. The Hall–Kier alpha value is -0.520. The molecule has 0 aliphatic heterocycles. The number of aliphatic hydroxyl groups is 1. The topological polar surface area (TPSA) is 49.3 Å². The van der Waals surface area contributed by atoms with Crippen LogP contribution in [0.1, 0.15) is 35.4 Å². The van der Waals surface area contributed by atoms with Gasteiger partial charge in [-0.05, 0) is 42.9 Å². The SMILES string of the molecule is CSc1ccsc1C(=O)NCC1CCCC(O)C1. The Morgan fingerprint density at radius 2 is 2.44 bits per heavy atom. The minimum Gasteiger partial charge on any atom is -0.393 e. The van der Waals surface area contributed by atoms with E-state index in [1.54, 1.807) is 11.8 Å². The zero-order valence-electron chi connectivity index (χ0n) is 10.5. The Bertz CT molecular complexity index is 405. The summed E-state index contributed by atoms with van der Waals surface area (Å²) >= 11 is 3.09. The summed E-state index contributed by atoms with van der Waals surface area (Å²) in [7, 11) is 0. The van der Waals surface area contributed by atoms with Crippen LogP contribution in [0.25, 0.3) is 0 Å². The van der Waals surface area contributed by atoms with E-state index in [1.165, 1.54) is 11.3 Å². The van der Waals surface area contributed by atoms with Crippen molar-refractivity contribution in [3.8, 4) is 0 Å². The van der Waals surface area contributed by atoms with E-state index in [9.17, 15) is 9.90 Å². The van der Waals surface area contributed by atoms with Crippen molar-refractivity contribution in [2.24, 2.45) is 5.92 Å². The summed E-state index contributed by atoms with van der Waals surface area (Å²) in [5.74, 6) is 0.449. The minimum absolute atomic E-state index is 0.0226. The number of thioether (sulfide) groups is 1. The molecule has 3 nitrogen and oxygen atoms in total. The van der Waals surface area contributed by atoms with Crippen molar-refractivity contribution in [1.82, 2.24) is 5.32 Å². The number of hydrogen-bond donors (Lipinski definition) is 2. The van der Waals surface area contributed by atoms with Gasteiger partial charge in [0.15, 0.2) is 0 Å². The number of amides is 1. The Labute approximate surface area is 116 Å². The molecule has 2 atom stereocenters. The molecule has 18 heavy (non-hydrogen) atoms. The van der Waals surface area contributed by atoms with Gasteiger partial charge in [-0.1, -0.05) is 6.42 Å². The van der Waals surface area contributed by atoms with Crippen molar-refractivity contribution in [2.45, 2.75) is 36.7 Å². The van der Waals surface area contributed by atoms with Crippen molar-refractivity contribution < 1.29 is 9.90 Å². The molecular formula is C13H19NO2S2. The molecular weight excluding hydrogens is 266 g/mol. The van der Waals surface area contributed by atoms with Crippen molar-refractivity contribution in [1.29, 1.82) is 0 Å². The standard InChI is InChI=1S/C13H19NO2S2/c1-17-11-5-6-18-12(11)13(16)14-8-9-3-2-4-10(15)7-9/h5-6,9-10,15H,2-4,7-8H2,1H3,(H,14,16). The molecule has 1 aliphatic carbocycles. The van der Waals surface area contributed by atoms with Gasteiger partial charge in [-0.15, -0.1) is 23.1 Å². The maximum absolute atomic E-state index is 12.0. The summed E-state index contributed by atoms with van der Waals surface area (Å²) in [6.07, 6.45) is 5.71. The molecule has 2 N–H and O–H groups in total. The highest BCUT2D eigenvalue weighted by molar-refractivity contribution is 7.98. The molecule has 5 heteroatoms. The molecule has 0 aromatic carbocycles. The third-order valence-electron chi connectivity index (χ3n) is 3.36. The average Bonchev–Trinajstić information content (AvgIpc) is 2.84. The van der Waals surface area contributed by atoms with Gasteiger partial charge in [0.05, 0.1) is 6.10 Å². The van der Waals surface area contributed by atoms with Crippen LogP contribution in [0.5, 0.6) is 0 Å². The Morgan fingerprint density at radius 3 is 3.17 bits per heavy atom. The van der Waals surface area contributed by atoms with E-state index in [-0.39, 0.29) is 12.0 Å². The van der Waals surface area contributed by atoms with E-state index in [4.69, 9.17) is 0 Å². The third kappa shape index (κ3) is 3.49. The lowest BCUT2D eigenvalue weighted by Gasteiger charge is -2.25. The van der Waals surface area contributed by atoms with Crippen molar-refractivity contribution in [2.75, 3.05) is 12.8 Å². The summed E-state index contributed by atoms with van der Waals surface area (Å²) in [5.41, 5.74) is 0. The lowest BCUT2D eigenvalue weighted by Crippen LogP contribution is -2.32. The summed E-state index contributed by atoms with van der Waals surface area (Å²) in [6, 6.07) is 1.98. The number of carbonyl (C=O) groups is 1. The van der Waals surface area contributed by atoms with Gasteiger partial charge in [0.1, 0.15) is 4.88 Å². The maximum atomic E-state index is 12.0. The number of nitrogens with one attached hydrogen (secondary N) is 1. The second-order valence-corrected chi connectivity index (χ2v) is 6.48. The smallest absolute Gasteiger partial charge is 0.262 e. The molecule has 0 saturated heterocycles. The highest BCUT2D eigenvalue weighted by atomic mass is 32.2. The largest absolute Gasteiger partial charge is 0.393 e. The van der Waals surface area contributed by atoms with Crippen LogP contribution >= 0.6 is 23.1 Å². The first-order valence-corrected chi connectivity index (χ1v) is 8.39. The van der Waals surface area contributed by atoms with Gasteiger partial charge in [-0.25, -0.2) is 0 Å². The van der Waals surface area contributed by atoms with Gasteiger partial charge in [0.25, 0.3) is 5.91 Å². The van der Waals surface area contributed by atoms with E-state index in [2.05, 4.69) is 5.32 Å². The predicted octanol–water partition coefficient (Wildman–Crippen LogP) is 2.75. The molecule has 0 spiro atoms. The molecule has 1 aliphatic rings. The molecule has 1 amide bonds. The second-order valence-electron chi connectivity index (χ2n) is 4.71. The Kier molecular flexibility index (Phi) is 5.09. The lowest BCUT2D eigenvalue weighted by atomic mass is 9.87. The van der Waals surface area contributed by atoms with Crippen LogP contribution in [-0.4, -0.2) is 29.9 Å². The van der Waals surface area contributed by atoms with Crippen LogP contribution in [0, 0.1) is 5.92 Å². The van der Waals surface area contributed by atoms with E-state index in [0.29, 0.717) is 12.5 Å². The van der Waals surface area contributed by atoms with Crippen molar-refractivity contribution in [3.63, 3.8) is 0 Å². The fourth-order valence-electron chi connectivity index (χ4n) is 2.39. The van der Waals surface area contributed by atoms with Gasteiger partial charge < -0.3 is 10.4 Å². The fourth-order valence-corrected chi connectivity index (χ4v) is 4.06.